The molecule has 1 fully saturated rings. The first kappa shape index (κ1) is 16.9. The molecule has 0 unspecified atom stereocenters. The van der Waals surface area contributed by atoms with E-state index in [0.29, 0.717) is 12.0 Å². The molecular weight excluding hydrogens is 297 g/mol. The van der Waals surface area contributed by atoms with Crippen molar-refractivity contribution in [2.45, 2.75) is 25.5 Å². The van der Waals surface area contributed by atoms with Crippen LogP contribution < -0.4 is 56.5 Å². The normalized spacial score (nSPS) is 25.0. The van der Waals surface area contributed by atoms with E-state index in [9.17, 15) is 19.8 Å². The summed E-state index contributed by atoms with van der Waals surface area (Å²) < 4.78 is 0. The van der Waals surface area contributed by atoms with E-state index in [2.05, 4.69) is 0 Å². The minimum Gasteiger partial charge on any atom is -0.543 e. The fraction of sp³-hybridized carbons (Fsp3) is 0.333. The summed E-state index contributed by atoms with van der Waals surface area (Å²) in [5.74, 6) is -2.20. The van der Waals surface area contributed by atoms with Gasteiger partial charge in [-0.3, -0.25) is 4.79 Å². The van der Waals surface area contributed by atoms with Gasteiger partial charge in [0.2, 0.25) is 5.91 Å². The summed E-state index contributed by atoms with van der Waals surface area (Å²) >= 11 is 0. The molecule has 2 aliphatic heterocycles. The van der Waals surface area contributed by atoms with E-state index in [1.165, 1.54) is 4.90 Å². The standard InChI is InChI=1S/C15H15NO4.K/c1-8(17)12-11-7-10(9-5-3-2-4-6-9)13(15(19)20)16(11)14(12)18;/h2-6,8,11-12,17H,7H2,1H3,(H,19,20);/q;+1/p-1/t8-,11-,12-;/m1./s1. The number of amides is 1. The number of hydrogen-bond donors (Lipinski definition) is 1. The smallest absolute Gasteiger partial charge is 0.543 e. The average Bonchev–Trinajstić information content (AvgIpc) is 2.74. The van der Waals surface area contributed by atoms with Crippen molar-refractivity contribution in [1.82, 2.24) is 4.90 Å². The van der Waals surface area contributed by atoms with Gasteiger partial charge in [0.15, 0.2) is 0 Å². The second-order valence-electron chi connectivity index (χ2n) is 5.23. The van der Waals surface area contributed by atoms with Gasteiger partial charge in [0.1, 0.15) is 0 Å². The third kappa shape index (κ3) is 2.65. The van der Waals surface area contributed by atoms with E-state index in [1.807, 2.05) is 30.3 Å². The number of aliphatic carboxylic acids is 1. The van der Waals surface area contributed by atoms with Crippen molar-refractivity contribution in [3.05, 3.63) is 41.6 Å². The first-order valence-electron chi connectivity index (χ1n) is 6.53. The van der Waals surface area contributed by atoms with Gasteiger partial charge in [-0.25, -0.2) is 0 Å². The average molecular weight is 311 g/mol. The van der Waals surface area contributed by atoms with Crippen LogP contribution in [0.4, 0.5) is 0 Å². The zero-order valence-corrected chi connectivity index (χ0v) is 15.1. The molecule has 3 atom stereocenters. The van der Waals surface area contributed by atoms with Gasteiger partial charge in [-0.1, -0.05) is 30.3 Å². The Kier molecular flexibility index (Phi) is 5.07. The van der Waals surface area contributed by atoms with Crippen molar-refractivity contribution in [3.63, 3.8) is 0 Å². The number of rotatable bonds is 3. The Hall–Kier alpha value is -0.504. The molecule has 6 heteroatoms. The first-order valence-corrected chi connectivity index (χ1v) is 6.53. The van der Waals surface area contributed by atoms with E-state index >= 15 is 0 Å². The molecule has 1 amide bonds. The van der Waals surface area contributed by atoms with Gasteiger partial charge in [-0.2, -0.15) is 0 Å². The van der Waals surface area contributed by atoms with Crippen LogP contribution in [0.2, 0.25) is 0 Å². The second-order valence-corrected chi connectivity index (χ2v) is 5.23. The molecule has 0 bridgehead atoms. The van der Waals surface area contributed by atoms with Gasteiger partial charge >= 0.3 is 51.4 Å². The van der Waals surface area contributed by atoms with Crippen LogP contribution in [-0.2, 0) is 9.59 Å². The fourth-order valence-corrected chi connectivity index (χ4v) is 3.16. The van der Waals surface area contributed by atoms with Crippen LogP contribution in [0, 0.1) is 5.92 Å². The summed E-state index contributed by atoms with van der Waals surface area (Å²) in [7, 11) is 0. The van der Waals surface area contributed by atoms with E-state index in [1.54, 1.807) is 6.92 Å². The Labute approximate surface area is 165 Å². The number of carbonyl (C=O) groups excluding carboxylic acids is 2. The van der Waals surface area contributed by atoms with Gasteiger partial charge in [0.25, 0.3) is 0 Å². The molecule has 1 aromatic carbocycles. The molecule has 3 rings (SSSR count). The predicted molar refractivity (Wildman–Crippen MR) is 68.8 cm³/mol. The van der Waals surface area contributed by atoms with E-state index in [0.717, 1.165) is 5.56 Å². The Morgan fingerprint density at radius 3 is 2.52 bits per heavy atom. The molecule has 21 heavy (non-hydrogen) atoms. The second kappa shape index (κ2) is 6.32. The number of carboxylic acid groups (broad SMARTS) is 1. The van der Waals surface area contributed by atoms with Gasteiger partial charge < -0.3 is 19.9 Å². The number of carbonyl (C=O) groups is 2. The van der Waals surface area contributed by atoms with E-state index in [-0.39, 0.29) is 69.0 Å². The summed E-state index contributed by atoms with van der Waals surface area (Å²) in [5.41, 5.74) is 1.33. The number of β-lactam (4-membered cyclic amide) rings is 1. The van der Waals surface area contributed by atoms with Crippen molar-refractivity contribution in [2.24, 2.45) is 5.92 Å². The molecular formula is C15H14KNO4. The molecule has 0 aromatic heterocycles. The van der Waals surface area contributed by atoms with Gasteiger partial charge in [-0.05, 0) is 24.5 Å². The largest absolute Gasteiger partial charge is 1.00 e. The van der Waals surface area contributed by atoms with Crippen LogP contribution in [0.3, 0.4) is 0 Å². The zero-order chi connectivity index (χ0) is 14.4. The summed E-state index contributed by atoms with van der Waals surface area (Å²) in [4.78, 5) is 24.6. The maximum atomic E-state index is 12.0. The summed E-state index contributed by atoms with van der Waals surface area (Å²) in [6.07, 6.45) is -0.337. The molecule has 0 saturated carbocycles. The van der Waals surface area contributed by atoms with Crippen LogP contribution >= 0.6 is 0 Å². The van der Waals surface area contributed by atoms with Crippen LogP contribution in [0.25, 0.3) is 5.57 Å². The number of hydrogen-bond acceptors (Lipinski definition) is 4. The SMILES string of the molecule is C[C@@H](O)[C@H]1C(=O)N2C(C(=O)[O-])=C(c3ccccc3)C[C@H]12.[K+]. The zero-order valence-electron chi connectivity index (χ0n) is 11.9. The molecule has 1 N–H and O–H groups in total. The van der Waals surface area contributed by atoms with Crippen molar-refractivity contribution < 1.29 is 71.2 Å². The van der Waals surface area contributed by atoms with Gasteiger partial charge in [0, 0.05) is 0 Å². The Balaban J connectivity index is 0.00000161. The minimum atomic E-state index is -1.34. The maximum absolute atomic E-state index is 12.0. The van der Waals surface area contributed by atoms with Crippen molar-refractivity contribution >= 4 is 17.4 Å². The van der Waals surface area contributed by atoms with E-state index in [4.69, 9.17) is 0 Å². The third-order valence-corrected chi connectivity index (χ3v) is 4.04. The van der Waals surface area contributed by atoms with Crippen LogP contribution in [0.5, 0.6) is 0 Å². The molecule has 1 aromatic rings. The fourth-order valence-electron chi connectivity index (χ4n) is 3.16. The summed E-state index contributed by atoms with van der Waals surface area (Å²) in [6, 6.07) is 8.83. The molecule has 1 saturated heterocycles. The number of aliphatic hydroxyl groups is 1. The molecule has 0 radical (unpaired) electrons. The quantitative estimate of drug-likeness (QED) is 0.470. The minimum absolute atomic E-state index is 0. The number of carboxylic acids is 1. The third-order valence-electron chi connectivity index (χ3n) is 4.04. The Bertz CT molecular complexity index is 611. The first-order chi connectivity index (χ1) is 9.52. The maximum Gasteiger partial charge on any atom is 1.00 e. The molecule has 2 aliphatic rings. The van der Waals surface area contributed by atoms with Crippen molar-refractivity contribution in [2.75, 3.05) is 0 Å². The molecule has 104 valence electrons. The van der Waals surface area contributed by atoms with Crippen molar-refractivity contribution in [1.29, 1.82) is 0 Å². The molecule has 0 spiro atoms. The number of nitrogens with zero attached hydrogens (tertiary/aromatic N) is 1. The number of benzene rings is 1. The van der Waals surface area contributed by atoms with Crippen LogP contribution in [-0.4, -0.2) is 34.0 Å². The van der Waals surface area contributed by atoms with Crippen LogP contribution in [0.1, 0.15) is 18.9 Å². The summed E-state index contributed by atoms with van der Waals surface area (Å²) in [5, 5.41) is 21.0. The number of aliphatic hydroxyl groups excluding tert-OH is 1. The predicted octanol–water partition coefficient (Wildman–Crippen LogP) is -3.24. The molecule has 5 nitrogen and oxygen atoms in total. The Morgan fingerprint density at radius 1 is 1.38 bits per heavy atom. The monoisotopic (exact) mass is 311 g/mol. The molecule has 0 aliphatic carbocycles. The topological polar surface area (TPSA) is 80.7 Å². The molecule has 2 heterocycles. The van der Waals surface area contributed by atoms with Gasteiger partial charge in [-0.15, -0.1) is 0 Å². The van der Waals surface area contributed by atoms with Gasteiger partial charge in [0.05, 0.1) is 29.7 Å². The van der Waals surface area contributed by atoms with E-state index < -0.39 is 18.0 Å². The Morgan fingerprint density at radius 2 is 2.00 bits per heavy atom. The number of fused-ring (bicyclic) bond motifs is 1. The summed E-state index contributed by atoms with van der Waals surface area (Å²) in [6.45, 7) is 1.55. The van der Waals surface area contributed by atoms with Crippen LogP contribution in [0.15, 0.2) is 36.0 Å². The van der Waals surface area contributed by atoms with Crippen molar-refractivity contribution in [3.8, 4) is 0 Å².